The first-order valence-corrected chi connectivity index (χ1v) is 9.65. The van der Waals surface area contributed by atoms with E-state index in [-0.39, 0.29) is 24.0 Å². The molecule has 0 aromatic rings. The van der Waals surface area contributed by atoms with Gasteiger partial charge in [-0.2, -0.15) is 13.2 Å². The van der Waals surface area contributed by atoms with Crippen LogP contribution in [0.5, 0.6) is 0 Å². The van der Waals surface area contributed by atoms with Gasteiger partial charge in [0, 0.05) is 44.0 Å². The van der Waals surface area contributed by atoms with Gasteiger partial charge in [0.2, 0.25) is 0 Å². The molecule has 4 aliphatic rings. The van der Waals surface area contributed by atoms with E-state index < -0.39 is 18.0 Å². The second kappa shape index (κ2) is 6.97. The number of nitrogens with zero attached hydrogens (tertiary/aromatic N) is 2. The van der Waals surface area contributed by atoms with Gasteiger partial charge in [0.05, 0.1) is 6.04 Å². The summed E-state index contributed by atoms with van der Waals surface area (Å²) in [7, 11) is 0. The van der Waals surface area contributed by atoms with Gasteiger partial charge in [0.1, 0.15) is 11.9 Å². The van der Waals surface area contributed by atoms with Crippen LogP contribution >= 0.6 is 0 Å². The zero-order valence-corrected chi connectivity index (χ0v) is 15.6. The first-order chi connectivity index (χ1) is 12.8. The van der Waals surface area contributed by atoms with Crippen molar-refractivity contribution in [2.24, 2.45) is 10.9 Å². The molecule has 0 aromatic carbocycles. The molecule has 6 unspecified atom stereocenters. The third-order valence-electron chi connectivity index (χ3n) is 6.52. The van der Waals surface area contributed by atoms with Gasteiger partial charge in [-0.05, 0) is 42.9 Å². The van der Waals surface area contributed by atoms with Crippen LogP contribution < -0.4 is 10.6 Å². The molecule has 0 spiro atoms. The van der Waals surface area contributed by atoms with Crippen LogP contribution in [0.15, 0.2) is 27.9 Å². The molecule has 2 fully saturated rings. The number of halogens is 4. The fourth-order valence-corrected chi connectivity index (χ4v) is 5.02. The standard InChI is InChI=1S/C19H26F4N4/c1-10-5-18(19(21,22)23)25-9-17(10)27-4-3-14-16(27)6-15(26-14)12-7-24-8-13(20)11(12)2/h5,9-10,13-17,24,26H,3-4,6-8H2,1-2H3. The highest BCUT2D eigenvalue weighted by Crippen LogP contribution is 2.37. The number of hydrogen-bond acceptors (Lipinski definition) is 4. The van der Waals surface area contributed by atoms with Crippen LogP contribution in [0.2, 0.25) is 0 Å². The fraction of sp³-hybridized carbons (Fsp3) is 0.737. The zero-order chi connectivity index (χ0) is 19.3. The second-order valence-corrected chi connectivity index (χ2v) is 8.14. The number of alkyl halides is 4. The van der Waals surface area contributed by atoms with E-state index >= 15 is 0 Å². The highest BCUT2D eigenvalue weighted by molar-refractivity contribution is 5.69. The number of nitrogens with one attached hydrogen (secondary N) is 2. The quantitative estimate of drug-likeness (QED) is 0.566. The molecule has 4 aliphatic heterocycles. The Morgan fingerprint density at radius 3 is 2.78 bits per heavy atom. The van der Waals surface area contributed by atoms with Gasteiger partial charge in [-0.15, -0.1) is 0 Å². The van der Waals surface area contributed by atoms with Crippen molar-refractivity contribution < 1.29 is 17.6 Å². The summed E-state index contributed by atoms with van der Waals surface area (Å²) in [5, 5.41) is 6.78. The molecule has 8 heteroatoms. The molecule has 0 aliphatic carbocycles. The SMILES string of the molecule is CC1=C(C2CC3C(CCN3C3C=NC(C(F)(F)F)=CC3C)N2)CNCC1F. The Labute approximate surface area is 156 Å². The third kappa shape index (κ3) is 3.47. The summed E-state index contributed by atoms with van der Waals surface area (Å²) in [6, 6.07) is 0.546. The lowest BCUT2D eigenvalue weighted by atomic mass is 9.92. The molecule has 2 N–H and O–H groups in total. The molecule has 0 radical (unpaired) electrons. The van der Waals surface area contributed by atoms with E-state index in [1.807, 2.05) is 13.8 Å². The lowest BCUT2D eigenvalue weighted by Gasteiger charge is -2.35. The Balaban J connectivity index is 1.48. The van der Waals surface area contributed by atoms with E-state index in [0.29, 0.717) is 19.1 Å². The maximum Gasteiger partial charge on any atom is 0.433 e. The summed E-state index contributed by atoms with van der Waals surface area (Å²) in [5.74, 6) is -0.246. The highest BCUT2D eigenvalue weighted by Gasteiger charge is 2.47. The zero-order valence-electron chi connectivity index (χ0n) is 15.6. The van der Waals surface area contributed by atoms with Gasteiger partial charge in [-0.3, -0.25) is 9.89 Å². The van der Waals surface area contributed by atoms with Gasteiger partial charge in [0.15, 0.2) is 0 Å². The lowest BCUT2D eigenvalue weighted by molar-refractivity contribution is -0.0932. The number of likely N-dealkylation sites (tertiary alicyclic amines) is 1. The van der Waals surface area contributed by atoms with E-state index in [9.17, 15) is 17.6 Å². The summed E-state index contributed by atoms with van der Waals surface area (Å²) >= 11 is 0. The summed E-state index contributed by atoms with van der Waals surface area (Å²) < 4.78 is 52.8. The molecule has 0 saturated carbocycles. The van der Waals surface area contributed by atoms with Gasteiger partial charge < -0.3 is 10.6 Å². The Morgan fingerprint density at radius 1 is 1.30 bits per heavy atom. The van der Waals surface area contributed by atoms with Crippen molar-refractivity contribution in [3.8, 4) is 0 Å². The topological polar surface area (TPSA) is 39.7 Å². The third-order valence-corrected chi connectivity index (χ3v) is 6.52. The van der Waals surface area contributed by atoms with Crippen molar-refractivity contribution in [3.63, 3.8) is 0 Å². The lowest BCUT2D eigenvalue weighted by Crippen LogP contribution is -2.46. The van der Waals surface area contributed by atoms with E-state index in [4.69, 9.17) is 0 Å². The van der Waals surface area contributed by atoms with Crippen molar-refractivity contribution in [1.82, 2.24) is 15.5 Å². The minimum atomic E-state index is -4.40. The number of rotatable bonds is 2. The van der Waals surface area contributed by atoms with Gasteiger partial charge in [-0.25, -0.2) is 4.39 Å². The van der Waals surface area contributed by atoms with Crippen LogP contribution in [0.25, 0.3) is 0 Å². The minimum Gasteiger partial charge on any atom is -0.310 e. The minimum absolute atomic E-state index is 0.125. The summed E-state index contributed by atoms with van der Waals surface area (Å²) in [6.07, 6.45) is -0.824. The summed E-state index contributed by atoms with van der Waals surface area (Å²) in [4.78, 5) is 5.99. The number of fused-ring (bicyclic) bond motifs is 1. The Morgan fingerprint density at radius 2 is 2.07 bits per heavy atom. The number of hydrogen-bond donors (Lipinski definition) is 2. The average Bonchev–Trinajstić information content (AvgIpc) is 3.17. The van der Waals surface area contributed by atoms with Crippen LogP contribution in [0, 0.1) is 5.92 Å². The maximum absolute atomic E-state index is 14.0. The number of allylic oxidation sites excluding steroid dienone is 1. The van der Waals surface area contributed by atoms with Gasteiger partial charge >= 0.3 is 6.18 Å². The molecule has 0 aromatic heterocycles. The second-order valence-electron chi connectivity index (χ2n) is 8.14. The average molecular weight is 386 g/mol. The molecule has 0 amide bonds. The Bertz CT molecular complexity index is 684. The molecule has 4 nitrogen and oxygen atoms in total. The predicted molar refractivity (Wildman–Crippen MR) is 96.5 cm³/mol. The van der Waals surface area contributed by atoms with Crippen LogP contribution in [-0.2, 0) is 0 Å². The van der Waals surface area contributed by atoms with Crippen molar-refractivity contribution in [2.45, 2.75) is 63.2 Å². The van der Waals surface area contributed by atoms with E-state index in [2.05, 4.69) is 20.5 Å². The van der Waals surface area contributed by atoms with Gasteiger partial charge in [-0.1, -0.05) is 6.92 Å². The number of aliphatic imine (C=N–C) groups is 1. The molecule has 4 heterocycles. The molecule has 4 rings (SSSR count). The molecule has 27 heavy (non-hydrogen) atoms. The monoisotopic (exact) mass is 386 g/mol. The van der Waals surface area contributed by atoms with Crippen molar-refractivity contribution in [1.29, 1.82) is 0 Å². The predicted octanol–water partition coefficient (Wildman–Crippen LogP) is 2.58. The van der Waals surface area contributed by atoms with Crippen LogP contribution in [0.1, 0.15) is 26.7 Å². The summed E-state index contributed by atoms with van der Waals surface area (Å²) in [6.45, 7) is 5.59. The normalized spacial score (nSPS) is 40.4. The Kier molecular flexibility index (Phi) is 4.93. The van der Waals surface area contributed by atoms with Crippen molar-refractivity contribution in [2.75, 3.05) is 19.6 Å². The van der Waals surface area contributed by atoms with Crippen molar-refractivity contribution in [3.05, 3.63) is 22.9 Å². The largest absolute Gasteiger partial charge is 0.433 e. The highest BCUT2D eigenvalue weighted by atomic mass is 19.4. The van der Waals surface area contributed by atoms with Crippen LogP contribution in [0.3, 0.4) is 0 Å². The molecule has 150 valence electrons. The first kappa shape index (κ1) is 19.1. The summed E-state index contributed by atoms with van der Waals surface area (Å²) in [5.41, 5.74) is 1.13. The molecular weight excluding hydrogens is 360 g/mol. The first-order valence-electron chi connectivity index (χ1n) is 9.65. The van der Waals surface area contributed by atoms with Crippen LogP contribution in [-0.4, -0.2) is 67.3 Å². The smallest absolute Gasteiger partial charge is 0.310 e. The maximum atomic E-state index is 14.0. The fourth-order valence-electron chi connectivity index (χ4n) is 5.02. The molecule has 6 atom stereocenters. The van der Waals surface area contributed by atoms with Crippen LogP contribution in [0.4, 0.5) is 17.6 Å². The van der Waals surface area contributed by atoms with Crippen molar-refractivity contribution >= 4 is 6.21 Å². The Hall–Kier alpha value is -1.25. The molecular formula is C19H26F4N4. The molecule has 0 bridgehead atoms. The van der Waals surface area contributed by atoms with E-state index in [1.165, 1.54) is 12.3 Å². The van der Waals surface area contributed by atoms with E-state index in [1.54, 1.807) is 0 Å². The molecule has 2 saturated heterocycles. The van der Waals surface area contributed by atoms with E-state index in [0.717, 1.165) is 30.5 Å². The van der Waals surface area contributed by atoms with Gasteiger partial charge in [0.25, 0.3) is 0 Å².